The van der Waals surface area contributed by atoms with Crippen LogP contribution in [0, 0.1) is 6.92 Å². The van der Waals surface area contributed by atoms with Crippen molar-refractivity contribution in [2.45, 2.75) is 13.8 Å². The molecule has 17 heavy (non-hydrogen) atoms. The zero-order chi connectivity index (χ0) is 12.8. The van der Waals surface area contributed by atoms with Crippen LogP contribution in [0.15, 0.2) is 22.7 Å². The number of hydrogen-bond acceptors (Lipinski definition) is 2. The molecule has 0 aliphatic rings. The standard InChI is InChI=1S/C13H19BrN2O/c1-4-16(3)8-7-15-13(17)11-9-10(2)5-6-12(11)14/h5-6,9H,4,7-8H2,1-3H3,(H,15,17). The first-order valence-corrected chi connectivity index (χ1v) is 6.56. The van der Waals surface area contributed by atoms with E-state index in [1.165, 1.54) is 0 Å². The fraction of sp³-hybridized carbons (Fsp3) is 0.462. The van der Waals surface area contributed by atoms with Crippen molar-refractivity contribution in [3.63, 3.8) is 0 Å². The van der Waals surface area contributed by atoms with Crippen molar-refractivity contribution in [3.8, 4) is 0 Å². The Bertz CT molecular complexity index is 393. The molecule has 1 aromatic carbocycles. The van der Waals surface area contributed by atoms with Crippen LogP contribution < -0.4 is 5.32 Å². The van der Waals surface area contributed by atoms with E-state index in [1.54, 1.807) is 0 Å². The van der Waals surface area contributed by atoms with Gasteiger partial charge in [0.05, 0.1) is 5.56 Å². The second-order valence-electron chi connectivity index (χ2n) is 4.14. The molecule has 0 unspecified atom stereocenters. The Morgan fingerprint density at radius 3 is 2.82 bits per heavy atom. The molecule has 1 aromatic rings. The number of hydrogen-bond donors (Lipinski definition) is 1. The number of aryl methyl sites for hydroxylation is 1. The van der Waals surface area contributed by atoms with E-state index in [-0.39, 0.29) is 5.91 Å². The van der Waals surface area contributed by atoms with Crippen LogP contribution >= 0.6 is 15.9 Å². The minimum absolute atomic E-state index is 0.0231. The largest absolute Gasteiger partial charge is 0.351 e. The van der Waals surface area contributed by atoms with Crippen molar-refractivity contribution in [1.82, 2.24) is 10.2 Å². The lowest BCUT2D eigenvalue weighted by Crippen LogP contribution is -2.33. The van der Waals surface area contributed by atoms with Gasteiger partial charge in [0, 0.05) is 17.6 Å². The Morgan fingerprint density at radius 2 is 2.18 bits per heavy atom. The number of carbonyl (C=O) groups is 1. The number of amides is 1. The van der Waals surface area contributed by atoms with E-state index in [0.29, 0.717) is 12.1 Å². The maximum Gasteiger partial charge on any atom is 0.252 e. The van der Waals surface area contributed by atoms with E-state index in [1.807, 2.05) is 32.2 Å². The number of likely N-dealkylation sites (N-methyl/N-ethyl adjacent to an activating group) is 1. The zero-order valence-electron chi connectivity index (χ0n) is 10.6. The summed E-state index contributed by atoms with van der Waals surface area (Å²) in [5, 5.41) is 2.92. The molecule has 1 amide bonds. The Morgan fingerprint density at radius 1 is 1.47 bits per heavy atom. The highest BCUT2D eigenvalue weighted by atomic mass is 79.9. The summed E-state index contributed by atoms with van der Waals surface area (Å²) in [5.41, 5.74) is 1.79. The first-order chi connectivity index (χ1) is 8.04. The van der Waals surface area contributed by atoms with Crippen LogP contribution in [0.4, 0.5) is 0 Å². The molecule has 0 saturated heterocycles. The van der Waals surface area contributed by atoms with Crippen LogP contribution in [0.25, 0.3) is 0 Å². The summed E-state index contributed by atoms with van der Waals surface area (Å²) in [5.74, 6) is -0.0231. The molecule has 0 aliphatic carbocycles. The van der Waals surface area contributed by atoms with E-state index < -0.39 is 0 Å². The molecule has 0 aromatic heterocycles. The Balaban J connectivity index is 2.55. The van der Waals surface area contributed by atoms with E-state index >= 15 is 0 Å². The van der Waals surface area contributed by atoms with Crippen LogP contribution in [0.5, 0.6) is 0 Å². The summed E-state index contributed by atoms with van der Waals surface area (Å²) in [6.45, 7) is 6.60. The van der Waals surface area contributed by atoms with E-state index in [9.17, 15) is 4.79 Å². The predicted molar refractivity (Wildman–Crippen MR) is 74.4 cm³/mol. The Hall–Kier alpha value is -0.870. The number of nitrogens with zero attached hydrogens (tertiary/aromatic N) is 1. The van der Waals surface area contributed by atoms with Crippen molar-refractivity contribution < 1.29 is 4.79 Å². The van der Waals surface area contributed by atoms with Crippen LogP contribution in [0.3, 0.4) is 0 Å². The number of halogens is 1. The number of benzene rings is 1. The molecule has 94 valence electrons. The fourth-order valence-corrected chi connectivity index (χ4v) is 1.85. The molecule has 0 aliphatic heterocycles. The molecule has 0 saturated carbocycles. The number of rotatable bonds is 5. The minimum Gasteiger partial charge on any atom is -0.351 e. The van der Waals surface area contributed by atoms with Gasteiger partial charge in [0.15, 0.2) is 0 Å². The average molecular weight is 299 g/mol. The molecule has 3 nitrogen and oxygen atoms in total. The SMILES string of the molecule is CCN(C)CCNC(=O)c1cc(C)ccc1Br. The van der Waals surface area contributed by atoms with Crippen LogP contribution in [0.1, 0.15) is 22.8 Å². The maximum atomic E-state index is 11.9. The first-order valence-electron chi connectivity index (χ1n) is 5.77. The smallest absolute Gasteiger partial charge is 0.252 e. The van der Waals surface area contributed by atoms with Gasteiger partial charge < -0.3 is 10.2 Å². The number of nitrogens with one attached hydrogen (secondary N) is 1. The Labute approximate surface area is 111 Å². The average Bonchev–Trinajstić information content (AvgIpc) is 2.31. The van der Waals surface area contributed by atoms with Gasteiger partial charge in [-0.3, -0.25) is 4.79 Å². The van der Waals surface area contributed by atoms with Gasteiger partial charge in [-0.25, -0.2) is 0 Å². The second-order valence-corrected chi connectivity index (χ2v) is 4.99. The van der Waals surface area contributed by atoms with Crippen molar-refractivity contribution in [3.05, 3.63) is 33.8 Å². The fourth-order valence-electron chi connectivity index (χ4n) is 1.43. The topological polar surface area (TPSA) is 32.3 Å². The third kappa shape index (κ3) is 4.48. The lowest BCUT2D eigenvalue weighted by molar-refractivity contribution is 0.0949. The second kappa shape index (κ2) is 6.77. The predicted octanol–water partition coefficient (Wildman–Crippen LogP) is 2.44. The molecule has 0 heterocycles. The molecule has 1 N–H and O–H groups in total. The first kappa shape index (κ1) is 14.2. The van der Waals surface area contributed by atoms with Crippen molar-refractivity contribution in [2.75, 3.05) is 26.7 Å². The summed E-state index contributed by atoms with van der Waals surface area (Å²) in [6, 6.07) is 5.77. The van der Waals surface area contributed by atoms with Gasteiger partial charge in [-0.15, -0.1) is 0 Å². The normalized spacial score (nSPS) is 10.6. The van der Waals surface area contributed by atoms with Gasteiger partial charge in [-0.05, 0) is 48.6 Å². The van der Waals surface area contributed by atoms with E-state index in [0.717, 1.165) is 23.1 Å². The van der Waals surface area contributed by atoms with Gasteiger partial charge >= 0.3 is 0 Å². The van der Waals surface area contributed by atoms with Crippen molar-refractivity contribution in [1.29, 1.82) is 0 Å². The van der Waals surface area contributed by atoms with Crippen LogP contribution in [0.2, 0.25) is 0 Å². The minimum atomic E-state index is -0.0231. The number of carbonyl (C=O) groups excluding carboxylic acids is 1. The lowest BCUT2D eigenvalue weighted by atomic mass is 10.1. The molecule has 1 rings (SSSR count). The molecular weight excluding hydrogens is 280 g/mol. The summed E-state index contributed by atoms with van der Waals surface area (Å²) >= 11 is 3.39. The third-order valence-corrected chi connectivity index (χ3v) is 3.38. The quantitative estimate of drug-likeness (QED) is 0.905. The molecular formula is C13H19BrN2O. The summed E-state index contributed by atoms with van der Waals surface area (Å²) in [6.07, 6.45) is 0. The highest BCUT2D eigenvalue weighted by Gasteiger charge is 2.09. The van der Waals surface area contributed by atoms with Gasteiger partial charge in [0.1, 0.15) is 0 Å². The van der Waals surface area contributed by atoms with Gasteiger partial charge in [0.25, 0.3) is 5.91 Å². The molecule has 0 bridgehead atoms. The molecule has 0 spiro atoms. The van der Waals surface area contributed by atoms with Crippen molar-refractivity contribution >= 4 is 21.8 Å². The van der Waals surface area contributed by atoms with E-state index in [2.05, 4.69) is 33.1 Å². The summed E-state index contributed by atoms with van der Waals surface area (Å²) in [7, 11) is 2.04. The highest BCUT2D eigenvalue weighted by Crippen LogP contribution is 2.17. The monoisotopic (exact) mass is 298 g/mol. The van der Waals surface area contributed by atoms with E-state index in [4.69, 9.17) is 0 Å². The summed E-state index contributed by atoms with van der Waals surface area (Å²) in [4.78, 5) is 14.1. The lowest BCUT2D eigenvalue weighted by Gasteiger charge is -2.14. The molecule has 0 fully saturated rings. The maximum absolute atomic E-state index is 11.9. The molecule has 0 radical (unpaired) electrons. The Kier molecular flexibility index (Phi) is 5.65. The van der Waals surface area contributed by atoms with Crippen LogP contribution in [-0.4, -0.2) is 37.5 Å². The summed E-state index contributed by atoms with van der Waals surface area (Å²) < 4.78 is 0.837. The van der Waals surface area contributed by atoms with Gasteiger partial charge in [-0.1, -0.05) is 18.6 Å². The molecule has 4 heteroatoms. The van der Waals surface area contributed by atoms with Crippen molar-refractivity contribution in [2.24, 2.45) is 0 Å². The van der Waals surface area contributed by atoms with Crippen LogP contribution in [-0.2, 0) is 0 Å². The molecule has 0 atom stereocenters. The van der Waals surface area contributed by atoms with Gasteiger partial charge in [-0.2, -0.15) is 0 Å². The third-order valence-electron chi connectivity index (χ3n) is 2.69. The van der Waals surface area contributed by atoms with Gasteiger partial charge in [0.2, 0.25) is 0 Å². The highest BCUT2D eigenvalue weighted by molar-refractivity contribution is 9.10. The zero-order valence-corrected chi connectivity index (χ0v) is 12.2.